The third-order valence-corrected chi connectivity index (χ3v) is 2.79. The number of para-hydroxylation sites is 2. The van der Waals surface area contributed by atoms with Crippen molar-refractivity contribution in [3.05, 3.63) is 54.0 Å². The monoisotopic (exact) mass is 271 g/mol. The van der Waals surface area contributed by atoms with Crippen LogP contribution in [0.1, 0.15) is 18.4 Å². The van der Waals surface area contributed by atoms with Gasteiger partial charge >= 0.3 is 0 Å². The smallest absolute Gasteiger partial charge is 0.248 e. The molecule has 2 rings (SSSR count). The van der Waals surface area contributed by atoms with Gasteiger partial charge in [0.05, 0.1) is 12.8 Å². The lowest BCUT2D eigenvalue weighted by Crippen LogP contribution is -2.08. The van der Waals surface area contributed by atoms with Crippen LogP contribution in [0.5, 0.6) is 5.75 Å². The molecule has 2 aromatic rings. The number of hydrogen-bond acceptors (Lipinski definition) is 3. The zero-order valence-corrected chi connectivity index (χ0v) is 11.6. The first-order chi connectivity index (χ1) is 9.72. The average Bonchev–Trinajstić information content (AvgIpc) is 2.94. The lowest BCUT2D eigenvalue weighted by Gasteiger charge is -2.07. The topological polar surface area (TPSA) is 51.5 Å². The number of ether oxygens (including phenoxy) is 1. The number of anilines is 1. The van der Waals surface area contributed by atoms with Crippen LogP contribution < -0.4 is 10.1 Å². The van der Waals surface area contributed by atoms with Crippen molar-refractivity contribution < 1.29 is 13.9 Å². The Kier molecular flexibility index (Phi) is 4.60. The van der Waals surface area contributed by atoms with Gasteiger partial charge in [0.1, 0.15) is 17.3 Å². The molecule has 0 aliphatic rings. The largest absolute Gasteiger partial charge is 0.495 e. The summed E-state index contributed by atoms with van der Waals surface area (Å²) in [4.78, 5) is 11.8. The predicted molar refractivity (Wildman–Crippen MR) is 78.7 cm³/mol. The minimum absolute atomic E-state index is 0.232. The van der Waals surface area contributed by atoms with Gasteiger partial charge in [0.25, 0.3) is 0 Å². The Bertz CT molecular complexity index is 614. The second-order valence-corrected chi connectivity index (χ2v) is 4.18. The highest BCUT2D eigenvalue weighted by Crippen LogP contribution is 2.22. The molecule has 0 saturated heterocycles. The zero-order valence-electron chi connectivity index (χ0n) is 11.6. The van der Waals surface area contributed by atoms with Gasteiger partial charge in [0.15, 0.2) is 0 Å². The summed E-state index contributed by atoms with van der Waals surface area (Å²) in [6, 6.07) is 11.0. The Balaban J connectivity index is 2.01. The standard InChI is InChI=1S/C16H17NO3/c1-3-12-8-9-13(20-12)10-11-16(18)17-14-6-4-5-7-15(14)19-2/h4-11H,3H2,1-2H3,(H,17,18)/b11-10+. The summed E-state index contributed by atoms with van der Waals surface area (Å²) in [7, 11) is 1.57. The molecule has 104 valence electrons. The fraction of sp³-hybridized carbons (Fsp3) is 0.188. The van der Waals surface area contributed by atoms with Gasteiger partial charge < -0.3 is 14.5 Å². The molecule has 0 spiro atoms. The molecule has 0 radical (unpaired) electrons. The number of nitrogens with one attached hydrogen (secondary N) is 1. The number of methoxy groups -OCH3 is 1. The summed E-state index contributed by atoms with van der Waals surface area (Å²) >= 11 is 0. The van der Waals surface area contributed by atoms with Gasteiger partial charge in [0, 0.05) is 12.5 Å². The number of rotatable bonds is 5. The Morgan fingerprint density at radius 2 is 2.10 bits per heavy atom. The van der Waals surface area contributed by atoms with Crippen molar-refractivity contribution in [1.82, 2.24) is 0 Å². The highest BCUT2D eigenvalue weighted by Gasteiger charge is 2.04. The number of carbonyl (C=O) groups is 1. The molecule has 0 aliphatic heterocycles. The van der Waals surface area contributed by atoms with E-state index in [1.54, 1.807) is 25.3 Å². The van der Waals surface area contributed by atoms with Crippen molar-refractivity contribution in [1.29, 1.82) is 0 Å². The van der Waals surface area contributed by atoms with Gasteiger partial charge in [-0.1, -0.05) is 19.1 Å². The molecule has 1 aromatic carbocycles. The minimum Gasteiger partial charge on any atom is -0.495 e. The summed E-state index contributed by atoms with van der Waals surface area (Å²) in [5, 5.41) is 2.76. The summed E-state index contributed by atoms with van der Waals surface area (Å²) in [5.74, 6) is 1.95. The van der Waals surface area contributed by atoms with Gasteiger partial charge in [-0.05, 0) is 30.3 Å². The van der Waals surface area contributed by atoms with Crippen LogP contribution in [0.3, 0.4) is 0 Å². The number of carbonyl (C=O) groups excluding carboxylic acids is 1. The number of benzene rings is 1. The zero-order chi connectivity index (χ0) is 14.4. The van der Waals surface area contributed by atoms with Crippen LogP contribution in [-0.4, -0.2) is 13.0 Å². The molecule has 0 bridgehead atoms. The van der Waals surface area contributed by atoms with Gasteiger partial charge in [0.2, 0.25) is 5.91 Å². The molecule has 1 N–H and O–H groups in total. The lowest BCUT2D eigenvalue weighted by molar-refractivity contribution is -0.111. The van der Waals surface area contributed by atoms with Crippen LogP contribution >= 0.6 is 0 Å². The van der Waals surface area contributed by atoms with Crippen molar-refractivity contribution in [3.63, 3.8) is 0 Å². The first kappa shape index (κ1) is 13.9. The van der Waals surface area contributed by atoms with Crippen LogP contribution in [0.15, 0.2) is 46.9 Å². The first-order valence-electron chi connectivity index (χ1n) is 6.43. The Morgan fingerprint density at radius 1 is 1.30 bits per heavy atom. The van der Waals surface area contributed by atoms with Crippen LogP contribution in [0.2, 0.25) is 0 Å². The van der Waals surface area contributed by atoms with Crippen molar-refractivity contribution in [3.8, 4) is 5.75 Å². The maximum absolute atomic E-state index is 11.8. The summed E-state index contributed by atoms with van der Waals surface area (Å²) in [6.45, 7) is 2.01. The SMILES string of the molecule is CCc1ccc(/C=C/C(=O)Nc2ccccc2OC)o1. The van der Waals surface area contributed by atoms with E-state index in [1.807, 2.05) is 31.2 Å². The number of aryl methyl sites for hydroxylation is 1. The predicted octanol–water partition coefficient (Wildman–Crippen LogP) is 3.50. The average molecular weight is 271 g/mol. The fourth-order valence-corrected chi connectivity index (χ4v) is 1.75. The van der Waals surface area contributed by atoms with E-state index in [1.165, 1.54) is 6.08 Å². The maximum atomic E-state index is 11.8. The molecule has 0 saturated carbocycles. The van der Waals surface area contributed by atoms with Crippen LogP contribution in [0, 0.1) is 0 Å². The number of furan rings is 1. The van der Waals surface area contributed by atoms with Crippen LogP contribution in [0.25, 0.3) is 6.08 Å². The van der Waals surface area contributed by atoms with E-state index in [4.69, 9.17) is 9.15 Å². The van der Waals surface area contributed by atoms with E-state index >= 15 is 0 Å². The molecule has 0 atom stereocenters. The minimum atomic E-state index is -0.232. The third kappa shape index (κ3) is 3.51. The Morgan fingerprint density at radius 3 is 2.80 bits per heavy atom. The van der Waals surface area contributed by atoms with E-state index in [2.05, 4.69) is 5.32 Å². The molecule has 20 heavy (non-hydrogen) atoms. The van der Waals surface area contributed by atoms with E-state index in [0.29, 0.717) is 17.2 Å². The molecule has 4 nitrogen and oxygen atoms in total. The second kappa shape index (κ2) is 6.61. The summed E-state index contributed by atoms with van der Waals surface area (Å²) in [5.41, 5.74) is 0.637. The van der Waals surface area contributed by atoms with Crippen molar-refractivity contribution in [2.24, 2.45) is 0 Å². The van der Waals surface area contributed by atoms with E-state index in [0.717, 1.165) is 12.2 Å². The van der Waals surface area contributed by atoms with E-state index in [9.17, 15) is 4.79 Å². The van der Waals surface area contributed by atoms with Crippen molar-refractivity contribution in [2.45, 2.75) is 13.3 Å². The van der Waals surface area contributed by atoms with Crippen molar-refractivity contribution >= 4 is 17.7 Å². The molecule has 0 aliphatic carbocycles. The normalized spacial score (nSPS) is 10.7. The van der Waals surface area contributed by atoms with E-state index in [-0.39, 0.29) is 5.91 Å². The maximum Gasteiger partial charge on any atom is 0.248 e. The fourth-order valence-electron chi connectivity index (χ4n) is 1.75. The van der Waals surface area contributed by atoms with Gasteiger partial charge in [-0.3, -0.25) is 4.79 Å². The molecular formula is C16H17NO3. The van der Waals surface area contributed by atoms with Gasteiger partial charge in [-0.15, -0.1) is 0 Å². The summed E-state index contributed by atoms with van der Waals surface area (Å²) < 4.78 is 10.7. The highest BCUT2D eigenvalue weighted by atomic mass is 16.5. The molecule has 0 unspecified atom stereocenters. The van der Waals surface area contributed by atoms with Crippen LogP contribution in [0.4, 0.5) is 5.69 Å². The third-order valence-electron chi connectivity index (χ3n) is 2.79. The Hall–Kier alpha value is -2.49. The molecule has 1 aromatic heterocycles. The molecule has 1 amide bonds. The second-order valence-electron chi connectivity index (χ2n) is 4.18. The van der Waals surface area contributed by atoms with E-state index < -0.39 is 0 Å². The number of hydrogen-bond donors (Lipinski definition) is 1. The first-order valence-corrected chi connectivity index (χ1v) is 6.43. The number of amides is 1. The van der Waals surface area contributed by atoms with Crippen molar-refractivity contribution in [2.75, 3.05) is 12.4 Å². The quantitative estimate of drug-likeness (QED) is 0.847. The Labute approximate surface area is 118 Å². The highest BCUT2D eigenvalue weighted by molar-refractivity contribution is 6.02. The molecule has 1 heterocycles. The van der Waals surface area contributed by atoms with Gasteiger partial charge in [-0.25, -0.2) is 0 Å². The summed E-state index contributed by atoms with van der Waals surface area (Å²) in [6.07, 6.45) is 3.91. The molecular weight excluding hydrogens is 254 g/mol. The molecule has 0 fully saturated rings. The lowest BCUT2D eigenvalue weighted by atomic mass is 10.3. The van der Waals surface area contributed by atoms with Gasteiger partial charge in [-0.2, -0.15) is 0 Å². The van der Waals surface area contributed by atoms with Crippen LogP contribution in [-0.2, 0) is 11.2 Å². The molecule has 4 heteroatoms.